The molecule has 22 heavy (non-hydrogen) atoms. The molecule has 1 N–H and O–H groups in total. The Kier molecular flexibility index (Phi) is 5.74. The average molecular weight is 310 g/mol. The van der Waals surface area contributed by atoms with Crippen LogP contribution in [0.5, 0.6) is 5.75 Å². The van der Waals surface area contributed by atoms with Crippen LogP contribution in [-0.4, -0.2) is 57.8 Å². The second kappa shape index (κ2) is 7.56. The number of likely N-dealkylation sites (N-methyl/N-ethyl adjacent to an activating group) is 1. The van der Waals surface area contributed by atoms with Gasteiger partial charge in [0.05, 0.1) is 18.6 Å². The molecule has 1 aliphatic heterocycles. The van der Waals surface area contributed by atoms with E-state index in [-0.39, 0.29) is 11.7 Å². The predicted octanol–water partition coefficient (Wildman–Crippen LogP) is 1.29. The molecule has 1 amide bonds. The molecule has 0 spiro atoms. The zero-order chi connectivity index (χ0) is 16.0. The van der Waals surface area contributed by atoms with Gasteiger partial charge < -0.3 is 19.7 Å². The van der Waals surface area contributed by atoms with Crippen LogP contribution in [0.1, 0.15) is 6.42 Å². The van der Waals surface area contributed by atoms with Crippen LogP contribution in [0, 0.1) is 11.2 Å². The van der Waals surface area contributed by atoms with Crippen LogP contribution in [0.3, 0.4) is 0 Å². The first-order valence-corrected chi connectivity index (χ1v) is 7.41. The lowest BCUT2D eigenvalue weighted by Crippen LogP contribution is -2.47. The maximum Gasteiger partial charge on any atom is 0.232 e. The lowest BCUT2D eigenvalue weighted by atomic mass is 9.86. The lowest BCUT2D eigenvalue weighted by Gasteiger charge is -2.31. The molecule has 1 fully saturated rings. The molecular weight excluding hydrogens is 287 g/mol. The first kappa shape index (κ1) is 16.7. The van der Waals surface area contributed by atoms with Crippen molar-refractivity contribution in [2.75, 3.05) is 47.0 Å². The minimum absolute atomic E-state index is 0.0713. The summed E-state index contributed by atoms with van der Waals surface area (Å²) >= 11 is 0. The smallest absolute Gasteiger partial charge is 0.232 e. The van der Waals surface area contributed by atoms with Crippen molar-refractivity contribution in [3.63, 3.8) is 0 Å². The Morgan fingerprint density at radius 1 is 1.41 bits per heavy atom. The second-order valence-electron chi connectivity index (χ2n) is 5.67. The largest absolute Gasteiger partial charge is 0.492 e. The molecule has 1 unspecified atom stereocenters. The maximum atomic E-state index is 12.8. The standard InChI is InChI=1S/C16H23FN2O3/c1-19(9-10-22-14-5-3-13(17)4-6-14)15(20)16(12-21-2)7-8-18-11-16/h3-6,18H,7-12H2,1-2H3. The predicted molar refractivity (Wildman–Crippen MR) is 81.3 cm³/mol. The third-order valence-corrected chi connectivity index (χ3v) is 3.97. The van der Waals surface area contributed by atoms with Crippen molar-refractivity contribution in [1.82, 2.24) is 10.2 Å². The fourth-order valence-corrected chi connectivity index (χ4v) is 2.73. The average Bonchev–Trinajstić information content (AvgIpc) is 2.98. The number of carbonyl (C=O) groups is 1. The van der Waals surface area contributed by atoms with Gasteiger partial charge in [0.2, 0.25) is 5.91 Å². The molecular formula is C16H23FN2O3. The van der Waals surface area contributed by atoms with E-state index in [1.807, 2.05) is 0 Å². The molecule has 0 aliphatic carbocycles. The highest BCUT2D eigenvalue weighted by atomic mass is 19.1. The number of ether oxygens (including phenoxy) is 2. The topological polar surface area (TPSA) is 50.8 Å². The summed E-state index contributed by atoms with van der Waals surface area (Å²) in [5.41, 5.74) is -0.473. The molecule has 122 valence electrons. The van der Waals surface area contributed by atoms with E-state index in [2.05, 4.69) is 5.32 Å². The summed E-state index contributed by atoms with van der Waals surface area (Å²) in [5, 5.41) is 3.23. The zero-order valence-electron chi connectivity index (χ0n) is 13.1. The molecule has 0 saturated carbocycles. The molecule has 1 aromatic carbocycles. The van der Waals surface area contributed by atoms with Gasteiger partial charge in [-0.3, -0.25) is 4.79 Å². The van der Waals surface area contributed by atoms with Crippen molar-refractivity contribution in [1.29, 1.82) is 0 Å². The van der Waals surface area contributed by atoms with Gasteiger partial charge in [0, 0.05) is 20.7 Å². The second-order valence-corrected chi connectivity index (χ2v) is 5.67. The fourth-order valence-electron chi connectivity index (χ4n) is 2.73. The number of nitrogens with zero attached hydrogens (tertiary/aromatic N) is 1. The third-order valence-electron chi connectivity index (χ3n) is 3.97. The summed E-state index contributed by atoms with van der Waals surface area (Å²) in [5.74, 6) is 0.369. The van der Waals surface area contributed by atoms with Crippen LogP contribution in [-0.2, 0) is 9.53 Å². The van der Waals surface area contributed by atoms with Crippen LogP contribution in [0.25, 0.3) is 0 Å². The van der Waals surface area contributed by atoms with Gasteiger partial charge in [-0.05, 0) is 37.2 Å². The van der Waals surface area contributed by atoms with Gasteiger partial charge in [0.1, 0.15) is 18.2 Å². The van der Waals surface area contributed by atoms with E-state index < -0.39 is 5.41 Å². The summed E-state index contributed by atoms with van der Waals surface area (Å²) in [6, 6.07) is 5.85. The first-order chi connectivity index (χ1) is 10.6. The van der Waals surface area contributed by atoms with Crippen molar-refractivity contribution in [3.8, 4) is 5.75 Å². The van der Waals surface area contributed by atoms with E-state index in [9.17, 15) is 9.18 Å². The highest BCUT2D eigenvalue weighted by molar-refractivity contribution is 5.83. The summed E-state index contributed by atoms with van der Waals surface area (Å²) in [4.78, 5) is 14.3. The van der Waals surface area contributed by atoms with Crippen molar-refractivity contribution < 1.29 is 18.7 Å². The highest BCUT2D eigenvalue weighted by Crippen LogP contribution is 2.28. The summed E-state index contributed by atoms with van der Waals surface area (Å²) in [6.45, 7) is 2.73. The number of rotatable bonds is 7. The number of nitrogens with one attached hydrogen (secondary N) is 1. The normalized spacial score (nSPS) is 20.9. The highest BCUT2D eigenvalue weighted by Gasteiger charge is 2.42. The van der Waals surface area contributed by atoms with Gasteiger partial charge in [0.25, 0.3) is 0 Å². The fraction of sp³-hybridized carbons (Fsp3) is 0.562. The number of halogens is 1. The Hall–Kier alpha value is -1.66. The van der Waals surface area contributed by atoms with E-state index >= 15 is 0 Å². The molecule has 1 aliphatic rings. The molecule has 1 heterocycles. The third kappa shape index (κ3) is 3.96. The van der Waals surface area contributed by atoms with Crippen LogP contribution in [0.15, 0.2) is 24.3 Å². The Labute approximate surface area is 130 Å². The molecule has 0 aromatic heterocycles. The van der Waals surface area contributed by atoms with Gasteiger partial charge in [-0.15, -0.1) is 0 Å². The van der Waals surface area contributed by atoms with Crippen LogP contribution in [0.2, 0.25) is 0 Å². The van der Waals surface area contributed by atoms with E-state index in [1.165, 1.54) is 12.1 Å². The van der Waals surface area contributed by atoms with E-state index in [0.717, 1.165) is 13.0 Å². The minimum Gasteiger partial charge on any atom is -0.492 e. The van der Waals surface area contributed by atoms with Crippen molar-refractivity contribution in [2.45, 2.75) is 6.42 Å². The maximum absolute atomic E-state index is 12.8. The number of hydrogen-bond acceptors (Lipinski definition) is 4. The SMILES string of the molecule is COCC1(C(=O)N(C)CCOc2ccc(F)cc2)CCNC1. The molecule has 6 heteroatoms. The molecule has 1 atom stereocenters. The molecule has 0 radical (unpaired) electrons. The molecule has 1 saturated heterocycles. The molecule has 1 aromatic rings. The number of carbonyl (C=O) groups excluding carboxylic acids is 1. The molecule has 0 bridgehead atoms. The zero-order valence-corrected chi connectivity index (χ0v) is 13.1. The van der Waals surface area contributed by atoms with Crippen LogP contribution >= 0.6 is 0 Å². The molecule has 5 nitrogen and oxygen atoms in total. The van der Waals surface area contributed by atoms with Gasteiger partial charge in [-0.2, -0.15) is 0 Å². The summed E-state index contributed by atoms with van der Waals surface area (Å²) in [6.07, 6.45) is 0.781. The van der Waals surface area contributed by atoms with Gasteiger partial charge in [-0.1, -0.05) is 0 Å². The molecule has 2 rings (SSSR count). The lowest BCUT2D eigenvalue weighted by molar-refractivity contribution is -0.143. The Morgan fingerprint density at radius 2 is 2.14 bits per heavy atom. The first-order valence-electron chi connectivity index (χ1n) is 7.41. The minimum atomic E-state index is -0.473. The number of benzene rings is 1. The summed E-state index contributed by atoms with van der Waals surface area (Å²) in [7, 11) is 3.39. The van der Waals surface area contributed by atoms with Crippen molar-refractivity contribution >= 4 is 5.91 Å². The van der Waals surface area contributed by atoms with Gasteiger partial charge in [0.15, 0.2) is 0 Å². The van der Waals surface area contributed by atoms with Crippen molar-refractivity contribution in [3.05, 3.63) is 30.1 Å². The van der Waals surface area contributed by atoms with Crippen LogP contribution < -0.4 is 10.1 Å². The quantitative estimate of drug-likeness (QED) is 0.824. The van der Waals surface area contributed by atoms with E-state index in [1.54, 1.807) is 31.2 Å². The van der Waals surface area contributed by atoms with Gasteiger partial charge >= 0.3 is 0 Å². The summed E-state index contributed by atoms with van der Waals surface area (Å²) < 4.78 is 23.6. The number of methoxy groups -OCH3 is 1. The Bertz CT molecular complexity index is 487. The van der Waals surface area contributed by atoms with Crippen molar-refractivity contribution in [2.24, 2.45) is 5.41 Å². The monoisotopic (exact) mass is 310 g/mol. The number of amides is 1. The van der Waals surface area contributed by atoms with E-state index in [0.29, 0.717) is 32.1 Å². The number of hydrogen-bond donors (Lipinski definition) is 1. The van der Waals surface area contributed by atoms with Crippen LogP contribution in [0.4, 0.5) is 4.39 Å². The Morgan fingerprint density at radius 3 is 2.73 bits per heavy atom. The van der Waals surface area contributed by atoms with E-state index in [4.69, 9.17) is 9.47 Å². The van der Waals surface area contributed by atoms with Gasteiger partial charge in [-0.25, -0.2) is 4.39 Å². The Balaban J connectivity index is 1.84.